The predicted octanol–water partition coefficient (Wildman–Crippen LogP) is 22.6. The van der Waals surface area contributed by atoms with Crippen LogP contribution in [-0.2, 0) is 65.4 Å². The fourth-order valence-corrected chi connectivity index (χ4v) is 13.3. The Kier molecular flexibility index (Phi) is 66.2. The van der Waals surface area contributed by atoms with Crippen LogP contribution in [0.25, 0.3) is 0 Å². The minimum absolute atomic E-state index is 0.107. The Labute approximate surface area is 588 Å². The molecule has 0 saturated heterocycles. The molecule has 17 nitrogen and oxygen atoms in total. The van der Waals surface area contributed by atoms with Crippen LogP contribution in [0.15, 0.2) is 0 Å². The largest absolute Gasteiger partial charge is 0.472 e. The number of phosphoric ester groups is 2. The lowest BCUT2D eigenvalue weighted by Crippen LogP contribution is -2.30. The van der Waals surface area contributed by atoms with Gasteiger partial charge in [0.2, 0.25) is 0 Å². The van der Waals surface area contributed by atoms with Crippen molar-refractivity contribution in [1.82, 2.24) is 0 Å². The molecule has 96 heavy (non-hydrogen) atoms. The van der Waals surface area contributed by atoms with E-state index >= 15 is 0 Å². The maximum atomic E-state index is 13.1. The van der Waals surface area contributed by atoms with Crippen molar-refractivity contribution in [3.63, 3.8) is 0 Å². The van der Waals surface area contributed by atoms with E-state index in [0.717, 1.165) is 108 Å². The third-order valence-electron chi connectivity index (χ3n) is 18.2. The number of carbonyl (C=O) groups is 4. The van der Waals surface area contributed by atoms with Crippen LogP contribution in [0.4, 0.5) is 0 Å². The molecule has 0 aromatic rings. The van der Waals surface area contributed by atoms with Crippen LogP contribution in [0.3, 0.4) is 0 Å². The van der Waals surface area contributed by atoms with E-state index in [9.17, 15) is 43.2 Å². The Hall–Kier alpha value is -1.94. The predicted molar refractivity (Wildman–Crippen MR) is 391 cm³/mol. The Balaban J connectivity index is 5.21. The van der Waals surface area contributed by atoms with Crippen molar-refractivity contribution in [2.75, 3.05) is 39.6 Å². The Bertz CT molecular complexity index is 1870. The summed E-state index contributed by atoms with van der Waals surface area (Å²) < 4.78 is 68.5. The molecule has 19 heteroatoms. The topological polar surface area (TPSA) is 237 Å². The van der Waals surface area contributed by atoms with Crippen LogP contribution >= 0.6 is 15.6 Å². The van der Waals surface area contributed by atoms with E-state index < -0.39 is 97.5 Å². The molecule has 570 valence electrons. The summed E-state index contributed by atoms with van der Waals surface area (Å²) >= 11 is 0. The Morgan fingerprint density at radius 1 is 0.302 bits per heavy atom. The summed E-state index contributed by atoms with van der Waals surface area (Å²) in [4.78, 5) is 72.8. The van der Waals surface area contributed by atoms with E-state index in [0.29, 0.717) is 25.7 Å². The van der Waals surface area contributed by atoms with Crippen LogP contribution in [0.5, 0.6) is 0 Å². The molecule has 0 rings (SSSR count). The second-order valence-electron chi connectivity index (χ2n) is 28.9. The summed E-state index contributed by atoms with van der Waals surface area (Å²) in [6, 6.07) is 0. The lowest BCUT2D eigenvalue weighted by Gasteiger charge is -2.21. The van der Waals surface area contributed by atoms with Gasteiger partial charge in [-0.25, -0.2) is 9.13 Å². The summed E-state index contributed by atoms with van der Waals surface area (Å²) in [5, 5.41) is 10.6. The average Bonchev–Trinajstić information content (AvgIpc) is 1.61. The highest BCUT2D eigenvalue weighted by atomic mass is 31.2. The first-order valence-corrected chi connectivity index (χ1v) is 42.9. The third kappa shape index (κ3) is 69.2. The highest BCUT2D eigenvalue weighted by Gasteiger charge is 2.30. The van der Waals surface area contributed by atoms with E-state index in [2.05, 4.69) is 48.5 Å². The number of carbonyl (C=O) groups excluding carboxylic acids is 4. The third-order valence-corrected chi connectivity index (χ3v) is 20.1. The first-order valence-electron chi connectivity index (χ1n) is 39.9. The second-order valence-corrected chi connectivity index (χ2v) is 31.8. The van der Waals surface area contributed by atoms with Crippen LogP contribution < -0.4 is 0 Å². The van der Waals surface area contributed by atoms with E-state index in [4.69, 9.17) is 37.0 Å². The maximum absolute atomic E-state index is 13.1. The van der Waals surface area contributed by atoms with Gasteiger partial charge in [-0.05, 0) is 43.4 Å². The standard InChI is InChI=1S/C77H150O17P2/c1-8-10-11-12-13-14-15-25-28-39-46-53-60-76(81)93-72(64-87-74(79)58-51-44-37-32-30-35-42-49-56-69(5)6)66-91-95(83,84)89-62-71(78)63-90-96(85,86)92-67-73(65-88-75(80)59-52-45-38-33-31-36-43-50-57-70(7)9-2)94-77(82)61-54-47-40-29-26-23-21-19-17-16-18-20-22-24-27-34-41-48-55-68(3)4/h68-73,78H,8-67H2,1-7H3,(H,83,84)(H,85,86)/t70?,71-,72+,73+/m0/s1. The van der Waals surface area contributed by atoms with Gasteiger partial charge in [-0.2, -0.15) is 0 Å². The van der Waals surface area contributed by atoms with Gasteiger partial charge in [-0.3, -0.25) is 37.3 Å². The molecular formula is C77H150O17P2. The smallest absolute Gasteiger partial charge is 0.462 e. The van der Waals surface area contributed by atoms with Gasteiger partial charge in [-0.1, -0.05) is 344 Å². The van der Waals surface area contributed by atoms with Crippen molar-refractivity contribution in [2.45, 2.75) is 414 Å². The summed E-state index contributed by atoms with van der Waals surface area (Å²) in [5.41, 5.74) is 0. The molecule has 0 aromatic carbocycles. The molecule has 0 aromatic heterocycles. The van der Waals surface area contributed by atoms with Crippen molar-refractivity contribution in [3.05, 3.63) is 0 Å². The summed E-state index contributed by atoms with van der Waals surface area (Å²) in [7, 11) is -9.91. The minimum Gasteiger partial charge on any atom is -0.462 e. The maximum Gasteiger partial charge on any atom is 0.472 e. The summed E-state index contributed by atoms with van der Waals surface area (Å²) in [5.74, 6) is 0.207. The number of unbranched alkanes of at least 4 members (excludes halogenated alkanes) is 42. The lowest BCUT2D eigenvalue weighted by molar-refractivity contribution is -0.161. The fourth-order valence-electron chi connectivity index (χ4n) is 11.7. The van der Waals surface area contributed by atoms with Crippen LogP contribution in [0.1, 0.15) is 395 Å². The van der Waals surface area contributed by atoms with Crippen molar-refractivity contribution in [1.29, 1.82) is 0 Å². The van der Waals surface area contributed by atoms with Gasteiger partial charge in [0.15, 0.2) is 12.2 Å². The molecule has 0 aliphatic heterocycles. The van der Waals surface area contributed by atoms with Gasteiger partial charge in [-0.15, -0.1) is 0 Å². The van der Waals surface area contributed by atoms with Crippen LogP contribution in [-0.4, -0.2) is 96.7 Å². The molecule has 0 spiro atoms. The monoisotopic (exact) mass is 1410 g/mol. The van der Waals surface area contributed by atoms with E-state index in [-0.39, 0.29) is 25.7 Å². The number of esters is 4. The highest BCUT2D eigenvalue weighted by molar-refractivity contribution is 7.47. The zero-order chi connectivity index (χ0) is 70.9. The SMILES string of the molecule is CCCCCCCCCCCCCCC(=O)O[C@H](COC(=O)CCCCCCCCCCC(C)C)COP(=O)(O)OC[C@H](O)COP(=O)(O)OC[C@@H](COC(=O)CCCCCCCCCCC(C)CC)OC(=O)CCCCCCCCCCCCCCCCCCCCC(C)C. The van der Waals surface area contributed by atoms with Gasteiger partial charge in [0.25, 0.3) is 0 Å². The summed E-state index contributed by atoms with van der Waals surface area (Å²) in [6.07, 6.45) is 54.1. The van der Waals surface area contributed by atoms with E-state index in [1.165, 1.54) is 205 Å². The number of phosphoric acid groups is 2. The van der Waals surface area contributed by atoms with Crippen LogP contribution in [0, 0.1) is 17.8 Å². The average molecular weight is 1410 g/mol. The van der Waals surface area contributed by atoms with Gasteiger partial charge in [0.05, 0.1) is 26.4 Å². The molecular weight excluding hydrogens is 1260 g/mol. The number of hydrogen-bond acceptors (Lipinski definition) is 15. The molecule has 3 unspecified atom stereocenters. The fraction of sp³-hybridized carbons (Fsp3) is 0.948. The number of rotatable bonds is 75. The molecule has 0 radical (unpaired) electrons. The molecule has 0 fully saturated rings. The zero-order valence-electron chi connectivity index (χ0n) is 62.8. The first-order chi connectivity index (χ1) is 46.3. The molecule has 0 amide bonds. The number of aliphatic hydroxyl groups is 1. The van der Waals surface area contributed by atoms with Gasteiger partial charge < -0.3 is 33.8 Å². The molecule has 0 heterocycles. The Morgan fingerprint density at radius 3 is 0.792 bits per heavy atom. The normalized spacial score (nSPS) is 14.3. The lowest BCUT2D eigenvalue weighted by atomic mass is 9.99. The highest BCUT2D eigenvalue weighted by Crippen LogP contribution is 2.45. The van der Waals surface area contributed by atoms with Gasteiger partial charge in [0, 0.05) is 25.7 Å². The van der Waals surface area contributed by atoms with Crippen molar-refractivity contribution >= 4 is 39.5 Å². The van der Waals surface area contributed by atoms with E-state index in [1.807, 2.05) is 0 Å². The van der Waals surface area contributed by atoms with Gasteiger partial charge in [0.1, 0.15) is 19.3 Å². The molecule has 0 saturated carbocycles. The van der Waals surface area contributed by atoms with Crippen molar-refractivity contribution in [2.24, 2.45) is 17.8 Å². The van der Waals surface area contributed by atoms with E-state index in [1.54, 1.807) is 0 Å². The number of ether oxygens (including phenoxy) is 4. The zero-order valence-corrected chi connectivity index (χ0v) is 64.6. The molecule has 0 bridgehead atoms. The molecule has 3 N–H and O–H groups in total. The first kappa shape index (κ1) is 94.1. The number of hydrogen-bond donors (Lipinski definition) is 3. The summed E-state index contributed by atoms with van der Waals surface area (Å²) in [6.45, 7) is 11.9. The molecule has 0 aliphatic rings. The second kappa shape index (κ2) is 67.5. The Morgan fingerprint density at radius 2 is 0.531 bits per heavy atom. The quantitative estimate of drug-likeness (QED) is 0.0222. The van der Waals surface area contributed by atoms with Crippen molar-refractivity contribution in [3.8, 4) is 0 Å². The van der Waals surface area contributed by atoms with Crippen molar-refractivity contribution < 1.29 is 80.2 Å². The minimum atomic E-state index is -4.96. The molecule has 6 atom stereocenters. The molecule has 0 aliphatic carbocycles. The van der Waals surface area contributed by atoms with Gasteiger partial charge >= 0.3 is 39.5 Å². The van der Waals surface area contributed by atoms with Crippen LogP contribution in [0.2, 0.25) is 0 Å². The number of aliphatic hydroxyl groups excluding tert-OH is 1.